The van der Waals surface area contributed by atoms with Crippen molar-refractivity contribution >= 4 is 49.6 Å². The van der Waals surface area contributed by atoms with E-state index >= 15 is 0 Å². The van der Waals surface area contributed by atoms with E-state index in [9.17, 15) is 0 Å². The van der Waals surface area contributed by atoms with E-state index in [0.717, 1.165) is 20.5 Å². The van der Waals surface area contributed by atoms with Crippen molar-refractivity contribution in [2.45, 2.75) is 17.3 Å². The van der Waals surface area contributed by atoms with Crippen LogP contribution in [0.15, 0.2) is 51.5 Å². The van der Waals surface area contributed by atoms with Gasteiger partial charge in [-0.3, -0.25) is 4.40 Å². The van der Waals surface area contributed by atoms with E-state index in [0.29, 0.717) is 11.7 Å². The molecule has 0 bridgehead atoms. The van der Waals surface area contributed by atoms with E-state index < -0.39 is 0 Å². The zero-order chi connectivity index (χ0) is 16.8. The zero-order valence-electron chi connectivity index (χ0n) is 13.0. The number of rotatable bonds is 4. The minimum absolute atomic E-state index is 0.0210. The van der Waals surface area contributed by atoms with Gasteiger partial charge in [0.15, 0.2) is 5.16 Å². The fourth-order valence-electron chi connectivity index (χ4n) is 2.55. The number of thiazole rings is 1. The number of hydrogen-bond donors (Lipinski definition) is 0. The van der Waals surface area contributed by atoms with Crippen LogP contribution in [0, 0.1) is 0 Å². The molecular weight excluding hydrogens is 374 g/mol. The molecule has 0 radical (unpaired) electrons. The van der Waals surface area contributed by atoms with Crippen LogP contribution in [0.2, 0.25) is 0 Å². The Morgan fingerprint density at radius 2 is 2.08 bits per heavy atom. The first-order valence-electron chi connectivity index (χ1n) is 7.56. The van der Waals surface area contributed by atoms with E-state index in [-0.39, 0.29) is 5.25 Å². The van der Waals surface area contributed by atoms with Crippen molar-refractivity contribution in [3.63, 3.8) is 0 Å². The van der Waals surface area contributed by atoms with Crippen molar-refractivity contribution in [3.8, 4) is 10.7 Å². The van der Waals surface area contributed by atoms with Gasteiger partial charge in [0.1, 0.15) is 0 Å². The van der Waals surface area contributed by atoms with Crippen LogP contribution in [0.25, 0.3) is 25.9 Å². The molecule has 9 heteroatoms. The molecule has 0 spiro atoms. The number of fused-ring (bicyclic) bond motifs is 3. The third-order valence-electron chi connectivity index (χ3n) is 3.72. The van der Waals surface area contributed by atoms with Gasteiger partial charge in [-0.15, -0.1) is 21.5 Å². The smallest absolute Gasteiger partial charge is 0.240 e. The monoisotopic (exact) mass is 385 g/mol. The Morgan fingerprint density at radius 1 is 1.16 bits per heavy atom. The number of hydrogen-bond acceptors (Lipinski definition) is 8. The number of aromatic nitrogens is 5. The standard InChI is InChI=1S/C16H11N5OS3/c1-9(14-17-13(20-22-14)12-7-4-8-23-12)24-15-18-19-16-21(15)10-5-2-3-6-11(10)25-16/h2-9H,1H3. The van der Waals surface area contributed by atoms with Gasteiger partial charge in [-0.25, -0.2) is 0 Å². The molecule has 0 amide bonds. The molecular formula is C16H11N5OS3. The first-order valence-corrected chi connectivity index (χ1v) is 10.1. The first kappa shape index (κ1) is 15.1. The van der Waals surface area contributed by atoms with Crippen molar-refractivity contribution < 1.29 is 4.52 Å². The Labute approximate surface area is 154 Å². The van der Waals surface area contributed by atoms with Crippen LogP contribution in [-0.2, 0) is 0 Å². The van der Waals surface area contributed by atoms with Crippen LogP contribution in [0.1, 0.15) is 18.1 Å². The molecule has 5 aromatic rings. The maximum absolute atomic E-state index is 5.45. The minimum Gasteiger partial charge on any atom is -0.338 e. The topological polar surface area (TPSA) is 69.1 Å². The SMILES string of the molecule is CC(Sc1nnc2sc3ccccc3n12)c1nc(-c2cccs2)no1. The molecule has 6 nitrogen and oxygen atoms in total. The summed E-state index contributed by atoms with van der Waals surface area (Å²) in [4.78, 5) is 6.41. The van der Waals surface area contributed by atoms with Crippen molar-refractivity contribution in [3.05, 3.63) is 47.7 Å². The quantitative estimate of drug-likeness (QED) is 0.410. The summed E-state index contributed by atoms with van der Waals surface area (Å²) in [6.45, 7) is 2.03. The maximum atomic E-state index is 5.45. The predicted octanol–water partition coefficient (Wildman–Crippen LogP) is 4.91. The van der Waals surface area contributed by atoms with E-state index in [4.69, 9.17) is 4.52 Å². The second-order valence-corrected chi connectivity index (χ2v) is 8.63. The van der Waals surface area contributed by atoms with Crippen LogP contribution < -0.4 is 0 Å². The molecule has 0 saturated carbocycles. The molecule has 4 heterocycles. The Bertz CT molecular complexity index is 1160. The van der Waals surface area contributed by atoms with Crippen LogP contribution in [0.4, 0.5) is 0 Å². The number of thioether (sulfide) groups is 1. The van der Waals surface area contributed by atoms with Gasteiger partial charge >= 0.3 is 0 Å². The normalized spacial score (nSPS) is 13.0. The molecule has 25 heavy (non-hydrogen) atoms. The zero-order valence-corrected chi connectivity index (χ0v) is 15.4. The molecule has 0 N–H and O–H groups in total. The van der Waals surface area contributed by atoms with E-state index in [1.54, 1.807) is 34.4 Å². The second-order valence-electron chi connectivity index (χ2n) is 5.36. The summed E-state index contributed by atoms with van der Waals surface area (Å²) >= 11 is 4.79. The lowest BCUT2D eigenvalue weighted by molar-refractivity contribution is 0.381. The molecule has 5 rings (SSSR count). The molecule has 0 aliphatic carbocycles. The Morgan fingerprint density at radius 3 is 2.96 bits per heavy atom. The summed E-state index contributed by atoms with van der Waals surface area (Å²) in [7, 11) is 0. The summed E-state index contributed by atoms with van der Waals surface area (Å²) < 4.78 is 8.73. The highest BCUT2D eigenvalue weighted by molar-refractivity contribution is 7.99. The Kier molecular flexibility index (Phi) is 3.58. The predicted molar refractivity (Wildman–Crippen MR) is 100 cm³/mol. The van der Waals surface area contributed by atoms with Gasteiger partial charge in [0, 0.05) is 0 Å². The van der Waals surface area contributed by atoms with Crippen LogP contribution in [0.3, 0.4) is 0 Å². The van der Waals surface area contributed by atoms with Gasteiger partial charge in [0.25, 0.3) is 0 Å². The molecule has 0 saturated heterocycles. The third-order valence-corrected chi connectivity index (χ3v) is 6.63. The molecule has 124 valence electrons. The summed E-state index contributed by atoms with van der Waals surface area (Å²) in [5, 5.41) is 15.5. The second kappa shape index (κ2) is 5.94. The fourth-order valence-corrected chi connectivity index (χ4v) is 5.11. The average Bonchev–Trinajstić information content (AvgIpc) is 3.39. The molecule has 0 fully saturated rings. The lowest BCUT2D eigenvalue weighted by Gasteiger charge is -2.03. The van der Waals surface area contributed by atoms with Crippen molar-refractivity contribution in [2.24, 2.45) is 0 Å². The average molecular weight is 385 g/mol. The lowest BCUT2D eigenvalue weighted by Crippen LogP contribution is -1.92. The third kappa shape index (κ3) is 2.55. The lowest BCUT2D eigenvalue weighted by atomic mass is 10.3. The van der Waals surface area contributed by atoms with Gasteiger partial charge in [-0.05, 0) is 30.5 Å². The minimum atomic E-state index is -0.0210. The summed E-state index contributed by atoms with van der Waals surface area (Å²) in [6.07, 6.45) is 0. The van der Waals surface area contributed by atoms with Crippen LogP contribution in [0.5, 0.6) is 0 Å². The summed E-state index contributed by atoms with van der Waals surface area (Å²) in [5.41, 5.74) is 1.12. The summed E-state index contributed by atoms with van der Waals surface area (Å²) in [6, 6.07) is 12.2. The molecule has 0 aliphatic heterocycles. The highest BCUT2D eigenvalue weighted by Gasteiger charge is 2.21. The van der Waals surface area contributed by atoms with E-state index in [1.807, 2.05) is 36.6 Å². The summed E-state index contributed by atoms with van der Waals surface area (Å²) in [5.74, 6) is 1.22. The van der Waals surface area contributed by atoms with E-state index in [1.165, 1.54) is 4.70 Å². The number of nitrogens with zero attached hydrogens (tertiary/aromatic N) is 5. The van der Waals surface area contributed by atoms with Crippen LogP contribution >= 0.6 is 34.4 Å². The Hall–Kier alpha value is -2.23. The van der Waals surface area contributed by atoms with Crippen molar-refractivity contribution in [2.75, 3.05) is 0 Å². The van der Waals surface area contributed by atoms with E-state index in [2.05, 4.69) is 36.9 Å². The fraction of sp³-hybridized carbons (Fsp3) is 0.125. The Balaban J connectivity index is 1.48. The van der Waals surface area contributed by atoms with Gasteiger partial charge in [0.05, 0.1) is 20.3 Å². The number of para-hydroxylation sites is 1. The van der Waals surface area contributed by atoms with Gasteiger partial charge < -0.3 is 4.52 Å². The molecule has 4 aromatic heterocycles. The number of benzene rings is 1. The first-order chi connectivity index (χ1) is 12.3. The van der Waals surface area contributed by atoms with Gasteiger partial charge in [-0.2, -0.15) is 4.98 Å². The number of thiophene rings is 1. The van der Waals surface area contributed by atoms with Gasteiger partial charge in [-0.1, -0.05) is 46.5 Å². The van der Waals surface area contributed by atoms with Crippen molar-refractivity contribution in [1.29, 1.82) is 0 Å². The van der Waals surface area contributed by atoms with Crippen molar-refractivity contribution in [1.82, 2.24) is 24.7 Å². The largest absolute Gasteiger partial charge is 0.338 e. The molecule has 1 atom stereocenters. The molecule has 0 aliphatic rings. The molecule has 1 aromatic carbocycles. The van der Waals surface area contributed by atoms with Crippen LogP contribution in [-0.4, -0.2) is 24.7 Å². The van der Waals surface area contributed by atoms with Gasteiger partial charge in [0.2, 0.25) is 16.7 Å². The highest BCUT2D eigenvalue weighted by atomic mass is 32.2. The highest BCUT2D eigenvalue weighted by Crippen LogP contribution is 2.37. The maximum Gasteiger partial charge on any atom is 0.240 e. The molecule has 1 unspecified atom stereocenters.